The van der Waals surface area contributed by atoms with Crippen LogP contribution in [-0.2, 0) is 27.7 Å². The second kappa shape index (κ2) is 13.3. The lowest BCUT2D eigenvalue weighted by atomic mass is 10.1. The molecule has 0 bridgehead atoms. The van der Waals surface area contributed by atoms with Gasteiger partial charge < -0.3 is 60.9 Å². The number of ether oxygens (including phenoxy) is 2. The number of fused-ring (bicyclic) bond motifs is 2. The zero-order valence-corrected chi connectivity index (χ0v) is 25.6. The van der Waals surface area contributed by atoms with E-state index in [-0.39, 0.29) is 34.2 Å². The Labute approximate surface area is 264 Å². The van der Waals surface area contributed by atoms with Crippen LogP contribution >= 0.6 is 15.6 Å². The summed E-state index contributed by atoms with van der Waals surface area (Å²) in [5.41, 5.74) is 9.69. The number of phosphoric acid groups is 2. The van der Waals surface area contributed by atoms with Crippen LogP contribution in [0.3, 0.4) is 0 Å². The summed E-state index contributed by atoms with van der Waals surface area (Å²) in [4.78, 5) is 78.3. The smallest absolute Gasteiger partial charge is 0.387 e. The van der Waals surface area contributed by atoms with Gasteiger partial charge in [-0.15, -0.1) is 0 Å². The molecule has 4 aromatic rings. The van der Waals surface area contributed by atoms with Crippen LogP contribution in [0.2, 0.25) is 0 Å². The van der Waals surface area contributed by atoms with E-state index in [1.54, 1.807) is 0 Å². The largest absolute Gasteiger partial charge is 0.469 e. The molecular weight excluding hydrogens is 698 g/mol. The first-order chi connectivity index (χ1) is 22.3. The number of nitrogens with zero attached hydrogens (tertiary/aromatic N) is 6. The molecule has 0 amide bonds. The number of H-pyrrole nitrogens is 2. The molecular formula is C20H28N10O16P2. The number of anilines is 2. The number of hydrogen-bond acceptors (Lipinski definition) is 18. The van der Waals surface area contributed by atoms with E-state index in [0.29, 0.717) is 0 Å². The highest BCUT2D eigenvalue weighted by Crippen LogP contribution is 2.40. The van der Waals surface area contributed by atoms with Crippen molar-refractivity contribution in [1.82, 2.24) is 39.0 Å². The summed E-state index contributed by atoms with van der Waals surface area (Å²) in [5.74, 6) is -0.354. The standard InChI is InChI=1S/2C10H14N5O8P/c2*11-10-13-7-4(8(18)14-10)12-2-15(7)9-6(17)5(16)3(23-9)1-22-24(19,20)21/h2*2-3,5-6,9,16-17H,1H2,(H2,19,20,21)(H3,11,13,14,18)/t2*3-,5-,6-,9-/m11/s1. The van der Waals surface area contributed by atoms with E-state index in [9.17, 15) is 39.1 Å². The fourth-order valence-electron chi connectivity index (χ4n) is 4.79. The molecule has 0 aromatic carbocycles. The average molecular weight is 726 g/mol. The zero-order chi connectivity index (χ0) is 35.3. The predicted octanol–water partition coefficient (Wildman–Crippen LogP) is -5.14. The number of nitrogen functional groups attached to an aromatic ring is 2. The fraction of sp³-hybridized carbons (Fsp3) is 0.500. The molecule has 26 nitrogen and oxygen atoms in total. The summed E-state index contributed by atoms with van der Waals surface area (Å²) in [6, 6.07) is 0. The molecule has 0 radical (unpaired) electrons. The maximum atomic E-state index is 11.7. The number of nitrogens with two attached hydrogens (primary N) is 2. The third kappa shape index (κ3) is 7.46. The minimum atomic E-state index is -4.76. The van der Waals surface area contributed by atoms with Gasteiger partial charge in [-0.25, -0.2) is 19.1 Å². The van der Waals surface area contributed by atoms with Crippen molar-refractivity contribution in [3.63, 3.8) is 0 Å². The third-order valence-electron chi connectivity index (χ3n) is 6.94. The Balaban J connectivity index is 0.000000188. The second-order valence-electron chi connectivity index (χ2n) is 10.2. The van der Waals surface area contributed by atoms with E-state index < -0.39 is 89.1 Å². The van der Waals surface area contributed by atoms with Crippen LogP contribution in [0.1, 0.15) is 12.5 Å². The van der Waals surface area contributed by atoms with E-state index in [1.165, 1.54) is 21.8 Å². The van der Waals surface area contributed by atoms with Crippen molar-refractivity contribution in [1.29, 1.82) is 0 Å². The number of aromatic nitrogens is 8. The van der Waals surface area contributed by atoms with E-state index >= 15 is 0 Å². The van der Waals surface area contributed by atoms with Crippen molar-refractivity contribution in [2.24, 2.45) is 0 Å². The summed E-state index contributed by atoms with van der Waals surface area (Å²) < 4.78 is 43.1. The highest BCUT2D eigenvalue weighted by Gasteiger charge is 2.46. The Morgan fingerprint density at radius 2 is 1.06 bits per heavy atom. The molecule has 2 saturated heterocycles. The molecule has 0 unspecified atom stereocenters. The molecule has 6 heterocycles. The molecule has 14 N–H and O–H groups in total. The number of aromatic amines is 2. The van der Waals surface area contributed by atoms with Gasteiger partial charge in [-0.2, -0.15) is 9.97 Å². The van der Waals surface area contributed by atoms with Crippen LogP contribution < -0.4 is 22.6 Å². The Hall–Kier alpha value is -3.72. The van der Waals surface area contributed by atoms with Crippen molar-refractivity contribution < 1.29 is 67.7 Å². The lowest BCUT2D eigenvalue weighted by Gasteiger charge is -2.16. The summed E-state index contributed by atoms with van der Waals surface area (Å²) in [7, 11) is -9.53. The molecule has 8 atom stereocenters. The number of phosphoric ester groups is 2. The quantitative estimate of drug-likeness (QED) is 0.0755. The molecule has 0 saturated carbocycles. The number of aliphatic hydroxyl groups excluding tert-OH is 4. The Morgan fingerprint density at radius 1 is 0.708 bits per heavy atom. The second-order valence-corrected chi connectivity index (χ2v) is 12.7. The van der Waals surface area contributed by atoms with Crippen LogP contribution in [-0.4, -0.2) is 129 Å². The first-order valence-electron chi connectivity index (χ1n) is 13.2. The van der Waals surface area contributed by atoms with Crippen molar-refractivity contribution in [2.45, 2.75) is 49.1 Å². The molecule has 2 fully saturated rings. The molecule has 0 spiro atoms. The number of imidazole rings is 2. The monoisotopic (exact) mass is 726 g/mol. The van der Waals surface area contributed by atoms with Gasteiger partial charge in [-0.3, -0.25) is 37.7 Å². The average Bonchev–Trinajstić information content (AvgIpc) is 3.72. The van der Waals surface area contributed by atoms with E-state index in [4.69, 9.17) is 40.5 Å². The third-order valence-corrected chi connectivity index (χ3v) is 7.91. The highest BCUT2D eigenvalue weighted by molar-refractivity contribution is 7.46. The van der Waals surface area contributed by atoms with Gasteiger partial charge in [0.2, 0.25) is 11.9 Å². The van der Waals surface area contributed by atoms with Crippen LogP contribution in [0.4, 0.5) is 11.9 Å². The zero-order valence-electron chi connectivity index (χ0n) is 23.8. The van der Waals surface area contributed by atoms with Gasteiger partial charge >= 0.3 is 15.6 Å². The molecule has 0 aliphatic carbocycles. The Kier molecular flexibility index (Phi) is 9.86. The minimum absolute atomic E-state index is 0.0176. The molecule has 264 valence electrons. The van der Waals surface area contributed by atoms with Crippen molar-refractivity contribution >= 4 is 49.9 Å². The first-order valence-corrected chi connectivity index (χ1v) is 16.3. The lowest BCUT2D eigenvalue weighted by Crippen LogP contribution is -2.33. The summed E-state index contributed by atoms with van der Waals surface area (Å²) in [5, 5.41) is 40.1. The summed E-state index contributed by atoms with van der Waals surface area (Å²) in [6.07, 6.45) is -8.43. The van der Waals surface area contributed by atoms with E-state index in [0.717, 1.165) is 0 Å². The van der Waals surface area contributed by atoms with Gasteiger partial charge in [0.05, 0.1) is 25.9 Å². The Bertz CT molecular complexity index is 1860. The molecule has 2 aliphatic rings. The predicted molar refractivity (Wildman–Crippen MR) is 153 cm³/mol. The topological polar surface area (TPSA) is 412 Å². The minimum Gasteiger partial charge on any atom is -0.387 e. The lowest BCUT2D eigenvalue weighted by molar-refractivity contribution is -0.0504. The van der Waals surface area contributed by atoms with Crippen molar-refractivity contribution in [3.8, 4) is 0 Å². The molecule has 28 heteroatoms. The van der Waals surface area contributed by atoms with Crippen molar-refractivity contribution in [3.05, 3.63) is 33.4 Å². The number of aliphatic hydroxyl groups is 4. The number of rotatable bonds is 8. The van der Waals surface area contributed by atoms with Crippen LogP contribution in [0.25, 0.3) is 22.3 Å². The molecule has 6 rings (SSSR count). The Morgan fingerprint density at radius 3 is 1.40 bits per heavy atom. The van der Waals surface area contributed by atoms with Crippen LogP contribution in [0, 0.1) is 0 Å². The van der Waals surface area contributed by atoms with E-state index in [1.807, 2.05) is 0 Å². The van der Waals surface area contributed by atoms with Crippen LogP contribution in [0.5, 0.6) is 0 Å². The van der Waals surface area contributed by atoms with Gasteiger partial charge in [-0.1, -0.05) is 0 Å². The van der Waals surface area contributed by atoms with Gasteiger partial charge in [-0.05, 0) is 0 Å². The van der Waals surface area contributed by atoms with Gasteiger partial charge in [0, 0.05) is 0 Å². The summed E-state index contributed by atoms with van der Waals surface area (Å²) >= 11 is 0. The number of hydrogen-bond donors (Lipinski definition) is 12. The van der Waals surface area contributed by atoms with Gasteiger partial charge in [0.25, 0.3) is 11.1 Å². The number of nitrogens with one attached hydrogen (secondary N) is 2. The van der Waals surface area contributed by atoms with Crippen molar-refractivity contribution in [2.75, 3.05) is 24.7 Å². The van der Waals surface area contributed by atoms with Gasteiger partial charge in [0.15, 0.2) is 34.8 Å². The summed E-state index contributed by atoms with van der Waals surface area (Å²) in [6.45, 7) is -1.30. The molecule has 2 aliphatic heterocycles. The fourth-order valence-corrected chi connectivity index (χ4v) is 5.48. The molecule has 48 heavy (non-hydrogen) atoms. The van der Waals surface area contributed by atoms with E-state index in [2.05, 4.69) is 39.0 Å². The maximum Gasteiger partial charge on any atom is 0.469 e. The van der Waals surface area contributed by atoms with Gasteiger partial charge in [0.1, 0.15) is 36.6 Å². The van der Waals surface area contributed by atoms with Crippen LogP contribution in [0.15, 0.2) is 22.2 Å². The molecule has 4 aromatic heterocycles. The highest BCUT2D eigenvalue weighted by atomic mass is 31.2. The first kappa shape index (κ1) is 35.6. The SMILES string of the molecule is Nc1nc2c(ncn2[C@@H]2O[C@H](COP(=O)(O)O)[C@@H](O)[C@H]2O)c(=O)[nH]1.Nc1nc2c(ncn2[C@@H]2O[C@H](COP(=O)(O)O)[C@@H](O)[C@H]2O)c(=O)[nH]1. The maximum absolute atomic E-state index is 11.7. The normalized spacial score (nSPS) is 27.8.